The lowest BCUT2D eigenvalue weighted by Gasteiger charge is -2.13. The first kappa shape index (κ1) is 25.0. The Balaban J connectivity index is 1.28. The molecule has 6 nitrogen and oxygen atoms in total. The van der Waals surface area contributed by atoms with Crippen LogP contribution in [0.4, 0.5) is 5.82 Å². The van der Waals surface area contributed by atoms with Gasteiger partial charge in [-0.3, -0.25) is 4.79 Å². The number of carbonyl (C=O) groups is 1. The third-order valence-corrected chi connectivity index (χ3v) is 7.51. The summed E-state index contributed by atoms with van der Waals surface area (Å²) in [4.78, 5) is 18.4. The highest BCUT2D eigenvalue weighted by Gasteiger charge is 2.13. The number of halogens is 1. The number of hydrogen-bond donors (Lipinski definition) is 2. The highest BCUT2D eigenvalue weighted by atomic mass is 79.9. The van der Waals surface area contributed by atoms with E-state index in [2.05, 4.69) is 62.9 Å². The molecular weight excluding hydrogens is 546 g/mol. The number of thioether (sulfide) groups is 1. The molecule has 1 amide bonds. The Kier molecular flexibility index (Phi) is 7.58. The fourth-order valence-corrected chi connectivity index (χ4v) is 5.08. The Hall–Kier alpha value is -3.62. The molecule has 0 spiro atoms. The van der Waals surface area contributed by atoms with Crippen molar-refractivity contribution in [1.82, 2.24) is 19.9 Å². The third kappa shape index (κ3) is 5.55. The van der Waals surface area contributed by atoms with Crippen LogP contribution in [-0.2, 0) is 13.1 Å². The van der Waals surface area contributed by atoms with Crippen LogP contribution in [-0.4, -0.2) is 26.8 Å². The van der Waals surface area contributed by atoms with E-state index in [0.29, 0.717) is 18.7 Å². The first-order valence-corrected chi connectivity index (χ1v) is 13.9. The molecule has 0 atom stereocenters. The van der Waals surface area contributed by atoms with E-state index in [4.69, 9.17) is 4.98 Å². The second kappa shape index (κ2) is 11.2. The summed E-state index contributed by atoms with van der Waals surface area (Å²) in [5.74, 6) is 0.796. The van der Waals surface area contributed by atoms with Crippen LogP contribution in [0, 0.1) is 6.92 Å². The van der Waals surface area contributed by atoms with E-state index in [1.165, 1.54) is 5.56 Å². The standard InChI is InChI=1S/C29H26BrN5OS/c1-19-7-3-4-8-22(19)25-15-27(35-28(34-25)24(30)18-33-35)31-16-20-11-13-21(14-12-20)17-32-29(36)23-9-5-6-10-26(23)37-2/h3-15,18,31H,16-17H2,1-2H3,(H,32,36). The summed E-state index contributed by atoms with van der Waals surface area (Å²) < 4.78 is 2.65. The average molecular weight is 573 g/mol. The Labute approximate surface area is 228 Å². The molecule has 0 unspecified atom stereocenters. The molecule has 3 aromatic carbocycles. The normalized spacial score (nSPS) is 11.0. The number of amides is 1. The highest BCUT2D eigenvalue weighted by molar-refractivity contribution is 9.10. The largest absolute Gasteiger partial charge is 0.366 e. The molecule has 2 N–H and O–H groups in total. The number of nitrogens with zero attached hydrogens (tertiary/aromatic N) is 3. The maximum absolute atomic E-state index is 12.6. The number of nitrogens with one attached hydrogen (secondary N) is 2. The van der Waals surface area contributed by atoms with Gasteiger partial charge in [0.1, 0.15) is 5.82 Å². The maximum atomic E-state index is 12.6. The fraction of sp³-hybridized carbons (Fsp3) is 0.138. The molecule has 2 heterocycles. The van der Waals surface area contributed by atoms with Crippen LogP contribution in [0.5, 0.6) is 0 Å². The number of aryl methyl sites for hydroxylation is 1. The molecule has 0 radical (unpaired) electrons. The van der Waals surface area contributed by atoms with Gasteiger partial charge in [-0.2, -0.15) is 9.61 Å². The van der Waals surface area contributed by atoms with Gasteiger partial charge in [-0.05, 0) is 57.9 Å². The predicted molar refractivity (Wildman–Crippen MR) is 154 cm³/mol. The van der Waals surface area contributed by atoms with Crippen LogP contribution < -0.4 is 10.6 Å². The van der Waals surface area contributed by atoms with E-state index in [9.17, 15) is 4.79 Å². The molecule has 37 heavy (non-hydrogen) atoms. The second-order valence-corrected chi connectivity index (χ2v) is 10.3. The van der Waals surface area contributed by atoms with Crippen molar-refractivity contribution in [3.05, 3.63) is 112 Å². The zero-order valence-corrected chi connectivity index (χ0v) is 22.9. The van der Waals surface area contributed by atoms with E-state index in [1.807, 2.05) is 65.4 Å². The van der Waals surface area contributed by atoms with Gasteiger partial charge in [-0.25, -0.2) is 4.98 Å². The van der Waals surface area contributed by atoms with Gasteiger partial charge in [0.25, 0.3) is 5.91 Å². The topological polar surface area (TPSA) is 71.3 Å². The van der Waals surface area contributed by atoms with Gasteiger partial charge in [0.2, 0.25) is 0 Å². The Morgan fingerprint density at radius 2 is 1.68 bits per heavy atom. The van der Waals surface area contributed by atoms with Crippen molar-refractivity contribution < 1.29 is 4.79 Å². The first-order chi connectivity index (χ1) is 18.0. The van der Waals surface area contributed by atoms with Crippen LogP contribution in [0.2, 0.25) is 0 Å². The molecule has 186 valence electrons. The van der Waals surface area contributed by atoms with Crippen molar-refractivity contribution in [2.24, 2.45) is 0 Å². The predicted octanol–water partition coefficient (Wildman–Crippen LogP) is 6.73. The van der Waals surface area contributed by atoms with Gasteiger partial charge < -0.3 is 10.6 Å². The number of hydrogen-bond acceptors (Lipinski definition) is 5. The minimum atomic E-state index is -0.0627. The summed E-state index contributed by atoms with van der Waals surface area (Å²) in [6.45, 7) is 3.18. The summed E-state index contributed by atoms with van der Waals surface area (Å²) in [5, 5.41) is 11.0. The van der Waals surface area contributed by atoms with Crippen molar-refractivity contribution in [2.75, 3.05) is 11.6 Å². The van der Waals surface area contributed by atoms with Crippen LogP contribution in [0.3, 0.4) is 0 Å². The molecule has 5 rings (SSSR count). The van der Waals surface area contributed by atoms with Crippen LogP contribution in [0.15, 0.2) is 94.4 Å². The van der Waals surface area contributed by atoms with Crippen molar-refractivity contribution in [3.63, 3.8) is 0 Å². The van der Waals surface area contributed by atoms with Gasteiger partial charge in [-0.15, -0.1) is 11.8 Å². The van der Waals surface area contributed by atoms with Gasteiger partial charge >= 0.3 is 0 Å². The van der Waals surface area contributed by atoms with Crippen molar-refractivity contribution in [2.45, 2.75) is 24.9 Å². The number of anilines is 1. The lowest BCUT2D eigenvalue weighted by Crippen LogP contribution is -2.23. The quantitative estimate of drug-likeness (QED) is 0.202. The minimum absolute atomic E-state index is 0.0627. The third-order valence-electron chi connectivity index (χ3n) is 6.15. The molecule has 0 fully saturated rings. The van der Waals surface area contributed by atoms with Gasteiger partial charge in [0.05, 0.1) is 21.9 Å². The number of fused-ring (bicyclic) bond motifs is 1. The smallest absolute Gasteiger partial charge is 0.252 e. The molecule has 0 bridgehead atoms. The SMILES string of the molecule is CSc1ccccc1C(=O)NCc1ccc(CNc2cc(-c3ccccc3C)nc3c(Br)cnn23)cc1. The summed E-state index contributed by atoms with van der Waals surface area (Å²) in [7, 11) is 0. The van der Waals surface area contributed by atoms with Crippen molar-refractivity contribution in [3.8, 4) is 11.3 Å². The van der Waals surface area contributed by atoms with Crippen molar-refractivity contribution in [1.29, 1.82) is 0 Å². The number of benzene rings is 3. The summed E-state index contributed by atoms with van der Waals surface area (Å²) >= 11 is 5.15. The highest BCUT2D eigenvalue weighted by Crippen LogP contribution is 2.28. The van der Waals surface area contributed by atoms with E-state index in [0.717, 1.165) is 43.2 Å². The van der Waals surface area contributed by atoms with Gasteiger partial charge in [0, 0.05) is 29.6 Å². The molecule has 0 saturated carbocycles. The number of aromatic nitrogens is 3. The lowest BCUT2D eigenvalue weighted by molar-refractivity contribution is 0.0948. The Morgan fingerprint density at radius 3 is 2.43 bits per heavy atom. The number of carbonyl (C=O) groups excluding carboxylic acids is 1. The minimum Gasteiger partial charge on any atom is -0.366 e. The molecule has 2 aromatic heterocycles. The Morgan fingerprint density at radius 1 is 0.973 bits per heavy atom. The fourth-order valence-electron chi connectivity index (χ4n) is 4.14. The Bertz CT molecular complexity index is 1560. The molecule has 5 aromatic rings. The van der Waals surface area contributed by atoms with Crippen LogP contribution >= 0.6 is 27.7 Å². The number of rotatable bonds is 8. The van der Waals surface area contributed by atoms with E-state index in [1.54, 1.807) is 18.0 Å². The zero-order valence-electron chi connectivity index (χ0n) is 20.5. The van der Waals surface area contributed by atoms with E-state index in [-0.39, 0.29) is 5.91 Å². The molecular formula is C29H26BrN5OS. The monoisotopic (exact) mass is 571 g/mol. The van der Waals surface area contributed by atoms with Gasteiger partial charge in [-0.1, -0.05) is 60.7 Å². The second-order valence-electron chi connectivity index (χ2n) is 8.62. The lowest BCUT2D eigenvalue weighted by atomic mass is 10.1. The van der Waals surface area contributed by atoms with Crippen LogP contribution in [0.25, 0.3) is 16.9 Å². The van der Waals surface area contributed by atoms with E-state index < -0.39 is 0 Å². The average Bonchev–Trinajstić information content (AvgIpc) is 3.31. The molecule has 0 aliphatic heterocycles. The van der Waals surface area contributed by atoms with Gasteiger partial charge in [0.15, 0.2) is 5.65 Å². The molecule has 0 aliphatic rings. The zero-order chi connectivity index (χ0) is 25.8. The molecule has 8 heteroatoms. The first-order valence-electron chi connectivity index (χ1n) is 11.9. The molecule has 0 aliphatic carbocycles. The van der Waals surface area contributed by atoms with Crippen LogP contribution in [0.1, 0.15) is 27.0 Å². The summed E-state index contributed by atoms with van der Waals surface area (Å²) in [5.41, 5.74) is 6.78. The van der Waals surface area contributed by atoms with Crippen molar-refractivity contribution >= 4 is 45.1 Å². The summed E-state index contributed by atoms with van der Waals surface area (Å²) in [6.07, 6.45) is 3.74. The summed E-state index contributed by atoms with van der Waals surface area (Å²) in [6, 6.07) is 26.1. The molecule has 0 saturated heterocycles. The van der Waals surface area contributed by atoms with E-state index >= 15 is 0 Å². The maximum Gasteiger partial charge on any atom is 0.252 e.